The van der Waals surface area contributed by atoms with Crippen molar-refractivity contribution in [1.29, 1.82) is 0 Å². The Morgan fingerprint density at radius 3 is 2.90 bits per heavy atom. The van der Waals surface area contributed by atoms with Crippen molar-refractivity contribution < 1.29 is 19.1 Å². The van der Waals surface area contributed by atoms with E-state index in [1.165, 1.54) is 18.9 Å². The van der Waals surface area contributed by atoms with E-state index in [4.69, 9.17) is 9.47 Å². The molecule has 0 spiro atoms. The van der Waals surface area contributed by atoms with Gasteiger partial charge in [-0.1, -0.05) is 6.92 Å². The summed E-state index contributed by atoms with van der Waals surface area (Å²) < 4.78 is 10.9. The third kappa shape index (κ3) is 1.74. The van der Waals surface area contributed by atoms with Crippen molar-refractivity contribution in [3.05, 3.63) is 11.1 Å². The first-order valence-electron chi connectivity index (χ1n) is 7.96. The summed E-state index contributed by atoms with van der Waals surface area (Å²) in [5.74, 6) is 2.09. The fourth-order valence-corrected chi connectivity index (χ4v) is 5.40. The third-order valence-corrected chi connectivity index (χ3v) is 6.57. The maximum absolute atomic E-state index is 11.8. The van der Waals surface area contributed by atoms with E-state index in [0.29, 0.717) is 24.4 Å². The van der Waals surface area contributed by atoms with Gasteiger partial charge in [-0.2, -0.15) is 0 Å². The highest BCUT2D eigenvalue weighted by atomic mass is 16.5. The first kappa shape index (κ1) is 13.4. The number of carbonyl (C=O) groups excluding carboxylic acids is 2. The molecule has 1 heterocycles. The summed E-state index contributed by atoms with van der Waals surface area (Å²) in [6.07, 6.45) is 3.15. The van der Waals surface area contributed by atoms with Gasteiger partial charge >= 0.3 is 11.9 Å². The Labute approximate surface area is 124 Å². The van der Waals surface area contributed by atoms with Crippen molar-refractivity contribution in [3.63, 3.8) is 0 Å². The van der Waals surface area contributed by atoms with Gasteiger partial charge in [-0.25, -0.2) is 4.79 Å². The molecule has 114 valence electrons. The topological polar surface area (TPSA) is 52.6 Å². The number of fused-ring (bicyclic) bond motifs is 4. The zero-order chi connectivity index (χ0) is 14.9. The molecule has 1 aliphatic heterocycles. The van der Waals surface area contributed by atoms with Gasteiger partial charge < -0.3 is 9.47 Å². The summed E-state index contributed by atoms with van der Waals surface area (Å²) in [7, 11) is 0. The summed E-state index contributed by atoms with van der Waals surface area (Å²) >= 11 is 0. The Morgan fingerprint density at radius 2 is 2.19 bits per heavy atom. The molecule has 3 saturated carbocycles. The van der Waals surface area contributed by atoms with E-state index >= 15 is 0 Å². The zero-order valence-corrected chi connectivity index (χ0v) is 12.8. The molecule has 0 aromatic rings. The van der Waals surface area contributed by atoms with Crippen LogP contribution in [0.1, 0.15) is 40.0 Å². The van der Waals surface area contributed by atoms with Crippen LogP contribution in [0, 0.1) is 29.1 Å². The molecule has 0 aromatic heterocycles. The smallest absolute Gasteiger partial charge is 0.334 e. The van der Waals surface area contributed by atoms with Crippen LogP contribution in [0.5, 0.6) is 0 Å². The van der Waals surface area contributed by atoms with E-state index in [1.54, 1.807) is 0 Å². The van der Waals surface area contributed by atoms with Gasteiger partial charge in [0, 0.05) is 12.5 Å². The SMILES string of the molecule is CC(=O)OCC1C2CC2C2(C)CC3OC(=O)C(C)=C3CC12. The van der Waals surface area contributed by atoms with Crippen LogP contribution in [0.15, 0.2) is 11.1 Å². The van der Waals surface area contributed by atoms with Crippen molar-refractivity contribution in [1.82, 2.24) is 0 Å². The van der Waals surface area contributed by atoms with Crippen LogP contribution in [0.4, 0.5) is 0 Å². The summed E-state index contributed by atoms with van der Waals surface area (Å²) in [6.45, 7) is 6.26. The Hall–Kier alpha value is -1.32. The fraction of sp³-hybridized carbons (Fsp3) is 0.765. The normalized spacial score (nSPS) is 46.6. The molecule has 4 aliphatic rings. The van der Waals surface area contributed by atoms with Gasteiger partial charge in [0.1, 0.15) is 6.10 Å². The summed E-state index contributed by atoms with van der Waals surface area (Å²) in [5, 5.41) is 0. The molecule has 4 nitrogen and oxygen atoms in total. The van der Waals surface area contributed by atoms with Gasteiger partial charge in [0.05, 0.1) is 6.61 Å². The van der Waals surface area contributed by atoms with Crippen LogP contribution in [0.25, 0.3) is 0 Å². The van der Waals surface area contributed by atoms with Crippen molar-refractivity contribution in [2.45, 2.75) is 46.1 Å². The quantitative estimate of drug-likeness (QED) is 0.733. The summed E-state index contributed by atoms with van der Waals surface area (Å²) in [5.41, 5.74) is 2.26. The van der Waals surface area contributed by atoms with Crippen LogP contribution in [0.2, 0.25) is 0 Å². The first-order chi connectivity index (χ1) is 9.91. The lowest BCUT2D eigenvalue weighted by atomic mass is 9.62. The Kier molecular flexibility index (Phi) is 2.61. The minimum Gasteiger partial charge on any atom is -0.466 e. The van der Waals surface area contributed by atoms with Gasteiger partial charge in [-0.3, -0.25) is 4.79 Å². The molecule has 4 heteroatoms. The van der Waals surface area contributed by atoms with Crippen LogP contribution >= 0.6 is 0 Å². The number of esters is 2. The molecular formula is C17H22O4. The maximum Gasteiger partial charge on any atom is 0.334 e. The minimum atomic E-state index is -0.190. The van der Waals surface area contributed by atoms with E-state index in [-0.39, 0.29) is 23.5 Å². The lowest BCUT2D eigenvalue weighted by Crippen LogP contribution is -2.40. The number of carbonyl (C=O) groups is 2. The molecule has 21 heavy (non-hydrogen) atoms. The van der Waals surface area contributed by atoms with Crippen molar-refractivity contribution in [2.24, 2.45) is 29.1 Å². The van der Waals surface area contributed by atoms with E-state index in [9.17, 15) is 9.59 Å². The van der Waals surface area contributed by atoms with E-state index in [1.807, 2.05) is 6.92 Å². The van der Waals surface area contributed by atoms with Crippen LogP contribution in [0.3, 0.4) is 0 Å². The van der Waals surface area contributed by atoms with Crippen LogP contribution in [-0.2, 0) is 19.1 Å². The summed E-state index contributed by atoms with van der Waals surface area (Å²) in [6, 6.07) is 0. The monoisotopic (exact) mass is 290 g/mol. The highest BCUT2D eigenvalue weighted by Gasteiger charge is 2.68. The van der Waals surface area contributed by atoms with E-state index < -0.39 is 0 Å². The molecule has 0 radical (unpaired) electrons. The molecule has 3 aliphatic carbocycles. The Bertz CT molecular complexity index is 563. The first-order valence-corrected chi connectivity index (χ1v) is 7.96. The highest BCUT2D eigenvalue weighted by molar-refractivity contribution is 5.91. The standard InChI is InChI=1S/C17H22O4/c1-8-10-4-14-12(7-20-9(2)18)11-5-13(11)17(14,3)6-15(10)21-16(8)19/h11-15H,4-7H2,1-3H3. The average molecular weight is 290 g/mol. The third-order valence-electron chi connectivity index (χ3n) is 6.57. The second-order valence-corrected chi connectivity index (χ2v) is 7.54. The largest absolute Gasteiger partial charge is 0.466 e. The second kappa shape index (κ2) is 4.11. The van der Waals surface area contributed by atoms with E-state index in [0.717, 1.165) is 24.3 Å². The molecule has 0 amide bonds. The molecule has 3 fully saturated rings. The minimum absolute atomic E-state index is 0.00692. The lowest BCUT2D eigenvalue weighted by Gasteiger charge is -2.44. The maximum atomic E-state index is 11.8. The number of hydrogen-bond acceptors (Lipinski definition) is 4. The molecule has 0 saturated heterocycles. The molecule has 0 aromatic carbocycles. The Balaban J connectivity index is 1.62. The Morgan fingerprint density at radius 1 is 1.43 bits per heavy atom. The molecule has 6 atom stereocenters. The van der Waals surface area contributed by atoms with Crippen molar-refractivity contribution in [2.75, 3.05) is 6.61 Å². The number of hydrogen-bond donors (Lipinski definition) is 0. The van der Waals surface area contributed by atoms with Crippen molar-refractivity contribution >= 4 is 11.9 Å². The number of ether oxygens (including phenoxy) is 2. The molecule has 0 N–H and O–H groups in total. The molecule has 4 rings (SSSR count). The molecule has 6 unspecified atom stereocenters. The zero-order valence-electron chi connectivity index (χ0n) is 12.8. The lowest BCUT2D eigenvalue weighted by molar-refractivity contribution is -0.145. The van der Waals surface area contributed by atoms with Crippen LogP contribution < -0.4 is 0 Å². The van der Waals surface area contributed by atoms with Gasteiger partial charge in [0.2, 0.25) is 0 Å². The fourth-order valence-electron chi connectivity index (χ4n) is 5.40. The molecule has 0 bridgehead atoms. The average Bonchev–Trinajstić information content (AvgIpc) is 3.11. The van der Waals surface area contributed by atoms with Gasteiger partial charge in [0.25, 0.3) is 0 Å². The highest BCUT2D eigenvalue weighted by Crippen LogP contribution is 2.72. The van der Waals surface area contributed by atoms with Gasteiger partial charge in [-0.15, -0.1) is 0 Å². The van der Waals surface area contributed by atoms with Gasteiger partial charge in [-0.05, 0) is 60.8 Å². The second-order valence-electron chi connectivity index (χ2n) is 7.54. The van der Waals surface area contributed by atoms with Crippen molar-refractivity contribution in [3.8, 4) is 0 Å². The predicted octanol–water partition coefficient (Wildman–Crippen LogP) is 2.47. The van der Waals surface area contributed by atoms with E-state index in [2.05, 4.69) is 6.92 Å². The summed E-state index contributed by atoms with van der Waals surface area (Å²) in [4.78, 5) is 22.9. The van der Waals surface area contributed by atoms with Crippen LogP contribution in [-0.4, -0.2) is 24.6 Å². The predicted molar refractivity (Wildman–Crippen MR) is 75.1 cm³/mol. The van der Waals surface area contributed by atoms with Gasteiger partial charge in [0.15, 0.2) is 0 Å². The number of rotatable bonds is 2. The molecular weight excluding hydrogens is 268 g/mol.